The highest BCUT2D eigenvalue weighted by Crippen LogP contribution is 2.22. The second kappa shape index (κ2) is 6.19. The van der Waals surface area contributed by atoms with Gasteiger partial charge in [-0.25, -0.2) is 4.79 Å². The number of carboxylic acid groups (broad SMARTS) is 1. The van der Waals surface area contributed by atoms with Crippen LogP contribution in [0.3, 0.4) is 0 Å². The Kier molecular flexibility index (Phi) is 4.35. The zero-order chi connectivity index (χ0) is 15.4. The van der Waals surface area contributed by atoms with Crippen LogP contribution >= 0.6 is 0 Å². The number of benzene rings is 2. The van der Waals surface area contributed by atoms with Crippen LogP contribution in [0.5, 0.6) is 0 Å². The molecule has 5 nitrogen and oxygen atoms in total. The molecular formula is C16H16N2O3. The van der Waals surface area contributed by atoms with Gasteiger partial charge in [0.05, 0.1) is 11.3 Å². The molecule has 0 radical (unpaired) electrons. The molecule has 0 aliphatic carbocycles. The van der Waals surface area contributed by atoms with Crippen molar-refractivity contribution in [2.45, 2.75) is 6.04 Å². The predicted octanol–water partition coefficient (Wildman–Crippen LogP) is 2.05. The van der Waals surface area contributed by atoms with Crippen LogP contribution < -0.4 is 10.6 Å². The van der Waals surface area contributed by atoms with Crippen molar-refractivity contribution < 1.29 is 14.7 Å². The van der Waals surface area contributed by atoms with E-state index >= 15 is 0 Å². The Bertz CT molecular complexity index is 656. The van der Waals surface area contributed by atoms with E-state index in [4.69, 9.17) is 5.73 Å². The normalized spacial score (nSPS) is 11.7. The molecule has 0 bridgehead atoms. The average molecular weight is 284 g/mol. The van der Waals surface area contributed by atoms with Gasteiger partial charge in [-0.1, -0.05) is 42.5 Å². The number of aromatic carboxylic acids is 1. The van der Waals surface area contributed by atoms with E-state index in [1.807, 2.05) is 6.07 Å². The summed E-state index contributed by atoms with van der Waals surface area (Å²) in [7, 11) is 1.52. The number of para-hydroxylation sites is 1. The van der Waals surface area contributed by atoms with Crippen molar-refractivity contribution in [3.8, 4) is 0 Å². The highest BCUT2D eigenvalue weighted by Gasteiger charge is 2.23. The molecule has 2 aromatic rings. The fourth-order valence-corrected chi connectivity index (χ4v) is 2.08. The van der Waals surface area contributed by atoms with Crippen LogP contribution in [0.15, 0.2) is 54.6 Å². The number of hydrogen-bond donors (Lipinski definition) is 2. The molecule has 0 heterocycles. The lowest BCUT2D eigenvalue weighted by molar-refractivity contribution is -0.119. The smallest absolute Gasteiger partial charge is 0.337 e. The topological polar surface area (TPSA) is 83.6 Å². The summed E-state index contributed by atoms with van der Waals surface area (Å²) in [5, 5.41) is 9.18. The van der Waals surface area contributed by atoms with Crippen LogP contribution in [-0.2, 0) is 4.79 Å². The number of rotatable bonds is 4. The molecule has 3 N–H and O–H groups in total. The van der Waals surface area contributed by atoms with Crippen LogP contribution in [0, 0.1) is 0 Å². The van der Waals surface area contributed by atoms with Gasteiger partial charge < -0.3 is 15.7 Å². The van der Waals surface area contributed by atoms with Crippen LogP contribution in [0.25, 0.3) is 0 Å². The van der Waals surface area contributed by atoms with Crippen LogP contribution in [0.1, 0.15) is 22.0 Å². The van der Waals surface area contributed by atoms with Gasteiger partial charge in [0.2, 0.25) is 5.91 Å². The molecule has 1 atom stereocenters. The molecule has 21 heavy (non-hydrogen) atoms. The molecule has 5 heteroatoms. The quantitative estimate of drug-likeness (QED) is 0.900. The molecule has 2 aromatic carbocycles. The Labute approximate surface area is 122 Å². The third kappa shape index (κ3) is 3.09. The van der Waals surface area contributed by atoms with Crippen molar-refractivity contribution in [2.24, 2.45) is 5.73 Å². The van der Waals surface area contributed by atoms with Gasteiger partial charge in [0.15, 0.2) is 0 Å². The largest absolute Gasteiger partial charge is 0.478 e. The van der Waals surface area contributed by atoms with Crippen molar-refractivity contribution in [3.63, 3.8) is 0 Å². The first-order chi connectivity index (χ1) is 10.0. The molecule has 0 aliphatic heterocycles. The zero-order valence-electron chi connectivity index (χ0n) is 11.6. The SMILES string of the molecule is CN(C(=O)[C@H](N)c1ccccc1)c1ccccc1C(=O)O. The van der Waals surface area contributed by atoms with Crippen molar-refractivity contribution in [1.29, 1.82) is 0 Å². The molecule has 0 fully saturated rings. The number of amides is 1. The van der Waals surface area contributed by atoms with Gasteiger partial charge >= 0.3 is 5.97 Å². The predicted molar refractivity (Wildman–Crippen MR) is 80.2 cm³/mol. The van der Waals surface area contributed by atoms with Crippen molar-refractivity contribution in [3.05, 3.63) is 65.7 Å². The molecule has 1 amide bonds. The minimum absolute atomic E-state index is 0.0635. The van der Waals surface area contributed by atoms with Crippen molar-refractivity contribution in [1.82, 2.24) is 0 Å². The number of carboxylic acids is 1. The maximum absolute atomic E-state index is 12.4. The molecule has 0 unspecified atom stereocenters. The maximum Gasteiger partial charge on any atom is 0.337 e. The fraction of sp³-hybridized carbons (Fsp3) is 0.125. The Morgan fingerprint density at radius 1 is 1.05 bits per heavy atom. The average Bonchev–Trinajstić information content (AvgIpc) is 2.53. The zero-order valence-corrected chi connectivity index (χ0v) is 11.6. The summed E-state index contributed by atoms with van der Waals surface area (Å²) in [6.07, 6.45) is 0. The second-order valence-electron chi connectivity index (χ2n) is 4.61. The number of nitrogens with zero attached hydrogens (tertiary/aromatic N) is 1. The number of carbonyl (C=O) groups excluding carboxylic acids is 1. The van der Waals surface area contributed by atoms with Crippen LogP contribution in [0.2, 0.25) is 0 Å². The van der Waals surface area contributed by atoms with E-state index in [0.29, 0.717) is 11.3 Å². The summed E-state index contributed by atoms with van der Waals surface area (Å²) in [6, 6.07) is 14.5. The molecule has 0 saturated carbocycles. The van der Waals surface area contributed by atoms with Gasteiger partial charge in [-0.3, -0.25) is 4.79 Å². The molecule has 0 spiro atoms. The van der Waals surface area contributed by atoms with E-state index in [0.717, 1.165) is 0 Å². The second-order valence-corrected chi connectivity index (χ2v) is 4.61. The van der Waals surface area contributed by atoms with E-state index < -0.39 is 12.0 Å². The van der Waals surface area contributed by atoms with Gasteiger partial charge in [-0.05, 0) is 17.7 Å². The number of hydrogen-bond acceptors (Lipinski definition) is 3. The van der Waals surface area contributed by atoms with Gasteiger partial charge in [0, 0.05) is 7.05 Å². The fourth-order valence-electron chi connectivity index (χ4n) is 2.08. The first kappa shape index (κ1) is 14.7. The molecule has 108 valence electrons. The lowest BCUT2D eigenvalue weighted by Gasteiger charge is -2.23. The number of nitrogens with two attached hydrogens (primary N) is 1. The summed E-state index contributed by atoms with van der Waals surface area (Å²) in [6.45, 7) is 0. The van der Waals surface area contributed by atoms with Gasteiger partial charge in [-0.2, -0.15) is 0 Å². The monoisotopic (exact) mass is 284 g/mol. The molecule has 0 aromatic heterocycles. The number of likely N-dealkylation sites (N-methyl/N-ethyl adjacent to an activating group) is 1. The number of carbonyl (C=O) groups is 2. The minimum atomic E-state index is -1.08. The first-order valence-corrected chi connectivity index (χ1v) is 6.42. The Morgan fingerprint density at radius 2 is 1.62 bits per heavy atom. The van der Waals surface area contributed by atoms with E-state index in [-0.39, 0.29) is 11.5 Å². The van der Waals surface area contributed by atoms with Gasteiger partial charge in [-0.15, -0.1) is 0 Å². The summed E-state index contributed by atoms with van der Waals surface area (Å²) in [5.74, 6) is -1.45. The Balaban J connectivity index is 2.30. The Hall–Kier alpha value is -2.66. The van der Waals surface area contributed by atoms with E-state index in [9.17, 15) is 14.7 Å². The third-order valence-corrected chi connectivity index (χ3v) is 3.25. The Morgan fingerprint density at radius 3 is 2.24 bits per heavy atom. The molecule has 0 saturated heterocycles. The summed E-state index contributed by atoms with van der Waals surface area (Å²) in [5.41, 5.74) is 7.03. The third-order valence-electron chi connectivity index (χ3n) is 3.25. The summed E-state index contributed by atoms with van der Waals surface area (Å²) >= 11 is 0. The number of anilines is 1. The molecule has 2 rings (SSSR count). The van der Waals surface area contributed by atoms with Crippen LogP contribution in [0.4, 0.5) is 5.69 Å². The van der Waals surface area contributed by atoms with E-state index in [2.05, 4.69) is 0 Å². The summed E-state index contributed by atoms with van der Waals surface area (Å²) < 4.78 is 0. The first-order valence-electron chi connectivity index (χ1n) is 6.42. The molecule has 0 aliphatic rings. The molecular weight excluding hydrogens is 268 g/mol. The van der Waals surface area contributed by atoms with Gasteiger partial charge in [0.25, 0.3) is 0 Å². The maximum atomic E-state index is 12.4. The summed E-state index contributed by atoms with van der Waals surface area (Å²) in [4.78, 5) is 24.9. The van der Waals surface area contributed by atoms with Gasteiger partial charge in [0.1, 0.15) is 6.04 Å². The lowest BCUT2D eigenvalue weighted by Crippen LogP contribution is -2.36. The van der Waals surface area contributed by atoms with Crippen molar-refractivity contribution in [2.75, 3.05) is 11.9 Å². The highest BCUT2D eigenvalue weighted by molar-refractivity contribution is 6.03. The standard InChI is InChI=1S/C16H16N2O3/c1-18(13-10-6-5-9-12(13)16(20)21)15(19)14(17)11-7-3-2-4-8-11/h2-10,14H,17H2,1H3,(H,20,21)/t14-/m1/s1. The van der Waals surface area contributed by atoms with E-state index in [1.54, 1.807) is 42.5 Å². The highest BCUT2D eigenvalue weighted by atomic mass is 16.4. The van der Waals surface area contributed by atoms with E-state index in [1.165, 1.54) is 18.0 Å². The minimum Gasteiger partial charge on any atom is -0.478 e. The van der Waals surface area contributed by atoms with Crippen molar-refractivity contribution >= 4 is 17.6 Å². The lowest BCUT2D eigenvalue weighted by atomic mass is 10.1. The van der Waals surface area contributed by atoms with Crippen LogP contribution in [-0.4, -0.2) is 24.0 Å².